The summed E-state index contributed by atoms with van der Waals surface area (Å²) in [6.07, 6.45) is 4.78. The normalized spacial score (nSPS) is 30.4. The van der Waals surface area contributed by atoms with E-state index in [-0.39, 0.29) is 18.5 Å². The van der Waals surface area contributed by atoms with E-state index in [9.17, 15) is 0 Å². The Labute approximate surface area is 117 Å². The minimum absolute atomic E-state index is 0.00592. The molecule has 0 saturated heterocycles. The highest BCUT2D eigenvalue weighted by molar-refractivity contribution is 5.11. The molecule has 0 saturated carbocycles. The number of hydrogen-bond donors (Lipinski definition) is 0. The standard InChI is InChI=1S/C16H28O3/c1-7-17-10-13(4)18-15(6)19-16-12(3)9-8-11(2)14(16)5/h7,9,11,13-16H,1,8,10H2,2-6H3/t11?,13?,14?,15?,16-/m0/s1. The number of hydrogen-bond acceptors (Lipinski definition) is 3. The molecule has 0 aromatic carbocycles. The van der Waals surface area contributed by atoms with Crippen LogP contribution in [0.4, 0.5) is 0 Å². The smallest absolute Gasteiger partial charge is 0.156 e. The lowest BCUT2D eigenvalue weighted by Crippen LogP contribution is -2.36. The van der Waals surface area contributed by atoms with Crippen molar-refractivity contribution in [1.82, 2.24) is 0 Å². The molecule has 0 N–H and O–H groups in total. The first kappa shape index (κ1) is 16.3. The molecule has 3 heteroatoms. The van der Waals surface area contributed by atoms with Gasteiger partial charge in [-0.1, -0.05) is 26.5 Å². The van der Waals surface area contributed by atoms with Gasteiger partial charge in [-0.3, -0.25) is 0 Å². The van der Waals surface area contributed by atoms with Crippen molar-refractivity contribution in [2.45, 2.75) is 59.5 Å². The van der Waals surface area contributed by atoms with E-state index >= 15 is 0 Å². The summed E-state index contributed by atoms with van der Waals surface area (Å²) in [4.78, 5) is 0. The zero-order valence-corrected chi connectivity index (χ0v) is 12.9. The molecule has 5 atom stereocenters. The van der Waals surface area contributed by atoms with Crippen LogP contribution in [-0.2, 0) is 14.2 Å². The van der Waals surface area contributed by atoms with Crippen LogP contribution < -0.4 is 0 Å². The van der Waals surface area contributed by atoms with Gasteiger partial charge in [-0.2, -0.15) is 0 Å². The van der Waals surface area contributed by atoms with E-state index in [4.69, 9.17) is 14.2 Å². The van der Waals surface area contributed by atoms with Crippen molar-refractivity contribution in [1.29, 1.82) is 0 Å². The predicted octanol–water partition coefficient (Wildman–Crippen LogP) is 3.91. The van der Waals surface area contributed by atoms with Crippen LogP contribution in [0.2, 0.25) is 0 Å². The maximum atomic E-state index is 6.06. The van der Waals surface area contributed by atoms with E-state index in [0.717, 1.165) is 6.42 Å². The summed E-state index contributed by atoms with van der Waals surface area (Å²) in [5.41, 5.74) is 1.32. The topological polar surface area (TPSA) is 27.7 Å². The summed E-state index contributed by atoms with van der Waals surface area (Å²) >= 11 is 0. The van der Waals surface area contributed by atoms with Gasteiger partial charge in [0.1, 0.15) is 6.61 Å². The van der Waals surface area contributed by atoms with Gasteiger partial charge in [-0.25, -0.2) is 0 Å². The first-order valence-electron chi connectivity index (χ1n) is 7.15. The van der Waals surface area contributed by atoms with Crippen LogP contribution in [0.3, 0.4) is 0 Å². The first-order chi connectivity index (χ1) is 8.95. The molecule has 0 aromatic heterocycles. The Morgan fingerprint density at radius 3 is 2.74 bits per heavy atom. The van der Waals surface area contributed by atoms with Gasteiger partial charge in [0.25, 0.3) is 0 Å². The van der Waals surface area contributed by atoms with Crippen molar-refractivity contribution >= 4 is 0 Å². The molecule has 0 aliphatic heterocycles. The van der Waals surface area contributed by atoms with Crippen molar-refractivity contribution in [3.05, 3.63) is 24.5 Å². The average molecular weight is 268 g/mol. The molecule has 1 aliphatic carbocycles. The van der Waals surface area contributed by atoms with E-state index in [1.807, 2.05) is 13.8 Å². The Hall–Kier alpha value is -0.800. The highest BCUT2D eigenvalue weighted by atomic mass is 16.7. The van der Waals surface area contributed by atoms with E-state index in [1.165, 1.54) is 11.8 Å². The van der Waals surface area contributed by atoms with Crippen molar-refractivity contribution < 1.29 is 14.2 Å². The minimum atomic E-state index is -0.232. The van der Waals surface area contributed by atoms with Crippen molar-refractivity contribution in [3.63, 3.8) is 0 Å². The minimum Gasteiger partial charge on any atom is -0.499 e. The van der Waals surface area contributed by atoms with Crippen LogP contribution in [0.5, 0.6) is 0 Å². The van der Waals surface area contributed by atoms with Gasteiger partial charge < -0.3 is 14.2 Å². The Morgan fingerprint density at radius 2 is 2.11 bits per heavy atom. The molecule has 0 fully saturated rings. The summed E-state index contributed by atoms with van der Waals surface area (Å²) in [6, 6.07) is 0. The van der Waals surface area contributed by atoms with Gasteiger partial charge in [0.15, 0.2) is 6.29 Å². The Bertz CT molecular complexity index is 311. The van der Waals surface area contributed by atoms with Gasteiger partial charge in [-0.15, -0.1) is 0 Å². The maximum Gasteiger partial charge on any atom is 0.156 e. The number of allylic oxidation sites excluding steroid dienone is 1. The summed E-state index contributed by atoms with van der Waals surface area (Å²) in [5, 5.41) is 0. The summed E-state index contributed by atoms with van der Waals surface area (Å²) in [5.74, 6) is 1.18. The third-order valence-electron chi connectivity index (χ3n) is 3.85. The Morgan fingerprint density at radius 1 is 1.42 bits per heavy atom. The van der Waals surface area contributed by atoms with E-state index in [1.54, 1.807) is 0 Å². The summed E-state index contributed by atoms with van der Waals surface area (Å²) < 4.78 is 16.9. The second kappa shape index (κ2) is 7.71. The van der Waals surface area contributed by atoms with Crippen LogP contribution in [0.1, 0.15) is 41.0 Å². The van der Waals surface area contributed by atoms with E-state index in [2.05, 4.69) is 33.4 Å². The van der Waals surface area contributed by atoms with Crippen molar-refractivity contribution in [2.75, 3.05) is 6.61 Å². The molecular weight excluding hydrogens is 240 g/mol. The maximum absolute atomic E-state index is 6.06. The first-order valence-corrected chi connectivity index (χ1v) is 7.15. The SMILES string of the molecule is C=COCC(C)OC(C)O[C@H]1C(C)=CCC(C)C1C. The fourth-order valence-electron chi connectivity index (χ4n) is 2.46. The van der Waals surface area contributed by atoms with Gasteiger partial charge in [0, 0.05) is 0 Å². The van der Waals surface area contributed by atoms with Gasteiger partial charge in [0.05, 0.1) is 18.5 Å². The van der Waals surface area contributed by atoms with Crippen molar-refractivity contribution in [2.24, 2.45) is 11.8 Å². The number of ether oxygens (including phenoxy) is 3. The third kappa shape index (κ3) is 5.00. The third-order valence-corrected chi connectivity index (χ3v) is 3.85. The molecule has 1 rings (SSSR count). The lowest BCUT2D eigenvalue weighted by atomic mass is 9.80. The molecule has 0 radical (unpaired) electrons. The van der Waals surface area contributed by atoms with Gasteiger partial charge >= 0.3 is 0 Å². The van der Waals surface area contributed by atoms with Crippen LogP contribution in [0.25, 0.3) is 0 Å². The highest BCUT2D eigenvalue weighted by Crippen LogP contribution is 2.32. The zero-order chi connectivity index (χ0) is 14.4. The van der Waals surface area contributed by atoms with Crippen LogP contribution >= 0.6 is 0 Å². The van der Waals surface area contributed by atoms with Gasteiger partial charge in [0.2, 0.25) is 0 Å². The van der Waals surface area contributed by atoms with Gasteiger partial charge in [-0.05, 0) is 44.6 Å². The molecule has 4 unspecified atom stereocenters. The Kier molecular flexibility index (Phi) is 6.59. The molecule has 0 bridgehead atoms. The summed E-state index contributed by atoms with van der Waals surface area (Å²) in [7, 11) is 0. The molecule has 1 aliphatic rings. The quantitative estimate of drug-likeness (QED) is 0.398. The highest BCUT2D eigenvalue weighted by Gasteiger charge is 2.29. The van der Waals surface area contributed by atoms with E-state index in [0.29, 0.717) is 18.4 Å². The zero-order valence-electron chi connectivity index (χ0n) is 12.9. The average Bonchev–Trinajstić information content (AvgIpc) is 2.36. The molecular formula is C16H28O3. The van der Waals surface area contributed by atoms with Crippen LogP contribution in [-0.4, -0.2) is 25.1 Å². The lowest BCUT2D eigenvalue weighted by molar-refractivity contribution is -0.191. The lowest BCUT2D eigenvalue weighted by Gasteiger charge is -2.35. The van der Waals surface area contributed by atoms with Crippen LogP contribution in [0, 0.1) is 11.8 Å². The summed E-state index contributed by atoms with van der Waals surface area (Å²) in [6.45, 7) is 14.6. The molecule has 3 nitrogen and oxygen atoms in total. The van der Waals surface area contributed by atoms with Crippen molar-refractivity contribution in [3.8, 4) is 0 Å². The Balaban J connectivity index is 2.46. The molecule has 110 valence electrons. The second-order valence-electron chi connectivity index (χ2n) is 5.59. The number of rotatable bonds is 7. The molecule has 0 amide bonds. The fraction of sp³-hybridized carbons (Fsp3) is 0.750. The molecule has 0 aromatic rings. The van der Waals surface area contributed by atoms with E-state index < -0.39 is 0 Å². The predicted molar refractivity (Wildman–Crippen MR) is 77.7 cm³/mol. The molecule has 0 spiro atoms. The molecule has 0 heterocycles. The fourth-order valence-corrected chi connectivity index (χ4v) is 2.46. The molecule has 19 heavy (non-hydrogen) atoms. The van der Waals surface area contributed by atoms with Crippen LogP contribution in [0.15, 0.2) is 24.5 Å². The second-order valence-corrected chi connectivity index (χ2v) is 5.59. The monoisotopic (exact) mass is 268 g/mol. The largest absolute Gasteiger partial charge is 0.499 e.